The van der Waals surface area contributed by atoms with Crippen molar-refractivity contribution in [3.63, 3.8) is 0 Å². The van der Waals surface area contributed by atoms with Crippen LogP contribution in [0.25, 0.3) is 0 Å². The van der Waals surface area contributed by atoms with Crippen LogP contribution in [0.1, 0.15) is 46.5 Å². The zero-order chi connectivity index (χ0) is 12.9. The number of likely N-dealkylation sites (N-methyl/N-ethyl adjacent to an activating group) is 1. The Morgan fingerprint density at radius 3 is 2.53 bits per heavy atom. The summed E-state index contributed by atoms with van der Waals surface area (Å²) in [5, 5.41) is 12.5. The average Bonchev–Trinajstić information content (AvgIpc) is 2.64. The van der Waals surface area contributed by atoms with Crippen LogP contribution in [-0.2, 0) is 0 Å². The van der Waals surface area contributed by atoms with Gasteiger partial charge in [-0.1, -0.05) is 20.3 Å². The van der Waals surface area contributed by atoms with E-state index in [4.69, 9.17) is 0 Å². The van der Waals surface area contributed by atoms with Crippen LogP contribution in [0.2, 0.25) is 0 Å². The predicted molar refractivity (Wildman–Crippen MR) is 73.2 cm³/mol. The Morgan fingerprint density at radius 2 is 2.06 bits per heavy atom. The number of nitrogens with zero attached hydrogens (tertiary/aromatic N) is 1. The predicted octanol–water partition coefficient (Wildman–Crippen LogP) is 1.86. The molecular formula is C14H30N2O. The van der Waals surface area contributed by atoms with Crippen molar-refractivity contribution in [3.8, 4) is 0 Å². The summed E-state index contributed by atoms with van der Waals surface area (Å²) in [5.41, 5.74) is 0.425. The molecule has 3 heteroatoms. The first kappa shape index (κ1) is 14.9. The maximum Gasteiger partial charge on any atom is 0.0610 e. The highest BCUT2D eigenvalue weighted by Gasteiger charge is 2.28. The average molecular weight is 242 g/mol. The lowest BCUT2D eigenvalue weighted by Gasteiger charge is -2.27. The molecule has 1 saturated heterocycles. The lowest BCUT2D eigenvalue weighted by molar-refractivity contribution is 0.169. The zero-order valence-corrected chi connectivity index (χ0v) is 12.1. The van der Waals surface area contributed by atoms with E-state index >= 15 is 0 Å². The van der Waals surface area contributed by atoms with Gasteiger partial charge in [0.15, 0.2) is 0 Å². The fourth-order valence-corrected chi connectivity index (χ4v) is 2.55. The third kappa shape index (κ3) is 4.94. The molecule has 0 aromatic heterocycles. The monoisotopic (exact) mass is 242 g/mol. The highest BCUT2D eigenvalue weighted by molar-refractivity contribution is 4.83. The van der Waals surface area contributed by atoms with Gasteiger partial charge in [-0.15, -0.1) is 0 Å². The van der Waals surface area contributed by atoms with Gasteiger partial charge in [-0.3, -0.25) is 0 Å². The first-order valence-corrected chi connectivity index (χ1v) is 6.93. The second kappa shape index (κ2) is 6.17. The molecule has 1 rings (SSSR count). The van der Waals surface area contributed by atoms with Gasteiger partial charge in [-0.2, -0.15) is 0 Å². The van der Waals surface area contributed by atoms with Crippen molar-refractivity contribution in [1.29, 1.82) is 0 Å². The number of hydrogen-bond acceptors (Lipinski definition) is 3. The Bertz CT molecular complexity index is 224. The van der Waals surface area contributed by atoms with Crippen LogP contribution in [-0.4, -0.2) is 48.8 Å². The highest BCUT2D eigenvalue weighted by atomic mass is 16.3. The third-order valence-electron chi connectivity index (χ3n) is 4.16. The minimum Gasteiger partial charge on any atom is -0.394 e. The topological polar surface area (TPSA) is 35.5 Å². The van der Waals surface area contributed by atoms with E-state index in [1.165, 1.54) is 38.9 Å². The van der Waals surface area contributed by atoms with Gasteiger partial charge in [0.25, 0.3) is 0 Å². The molecular weight excluding hydrogens is 212 g/mol. The number of unbranched alkanes of at least 4 members (excludes halogenated alkanes) is 1. The normalized spacial score (nSPS) is 23.8. The number of nitrogens with one attached hydrogen (secondary N) is 1. The SMILES string of the molecule is CNC(C)(CO)CCCCN1CCC(C)(C)C1. The Labute approximate surface area is 107 Å². The minimum atomic E-state index is -0.0930. The molecule has 17 heavy (non-hydrogen) atoms. The van der Waals surface area contributed by atoms with Gasteiger partial charge in [0.2, 0.25) is 0 Å². The van der Waals surface area contributed by atoms with E-state index in [-0.39, 0.29) is 12.1 Å². The van der Waals surface area contributed by atoms with Crippen LogP contribution >= 0.6 is 0 Å². The summed E-state index contributed by atoms with van der Waals surface area (Å²) in [6.07, 6.45) is 4.82. The van der Waals surface area contributed by atoms with Crippen LogP contribution in [0.3, 0.4) is 0 Å². The molecule has 1 heterocycles. The van der Waals surface area contributed by atoms with Crippen molar-refractivity contribution in [3.05, 3.63) is 0 Å². The van der Waals surface area contributed by atoms with Crippen molar-refractivity contribution in [2.75, 3.05) is 33.3 Å². The third-order valence-corrected chi connectivity index (χ3v) is 4.16. The molecule has 102 valence electrons. The largest absolute Gasteiger partial charge is 0.394 e. The maximum absolute atomic E-state index is 9.29. The second-order valence-corrected chi connectivity index (χ2v) is 6.62. The lowest BCUT2D eigenvalue weighted by Crippen LogP contribution is -2.43. The van der Waals surface area contributed by atoms with E-state index in [1.54, 1.807) is 0 Å². The Kier molecular flexibility index (Phi) is 5.42. The molecule has 0 bridgehead atoms. The number of likely N-dealkylation sites (tertiary alicyclic amines) is 1. The molecule has 0 aromatic carbocycles. The van der Waals surface area contributed by atoms with Crippen molar-refractivity contribution in [2.24, 2.45) is 5.41 Å². The first-order chi connectivity index (χ1) is 7.91. The van der Waals surface area contributed by atoms with Crippen molar-refractivity contribution in [2.45, 2.75) is 52.0 Å². The van der Waals surface area contributed by atoms with Crippen LogP contribution in [0.4, 0.5) is 0 Å². The number of hydrogen-bond donors (Lipinski definition) is 2. The van der Waals surface area contributed by atoms with Gasteiger partial charge in [-0.25, -0.2) is 0 Å². The van der Waals surface area contributed by atoms with E-state index < -0.39 is 0 Å². The molecule has 1 atom stereocenters. The number of rotatable bonds is 7. The molecule has 0 saturated carbocycles. The van der Waals surface area contributed by atoms with Gasteiger partial charge in [0.05, 0.1) is 6.61 Å². The summed E-state index contributed by atoms with van der Waals surface area (Å²) in [4.78, 5) is 2.58. The van der Waals surface area contributed by atoms with E-state index in [1.807, 2.05) is 7.05 Å². The van der Waals surface area contributed by atoms with E-state index in [0.29, 0.717) is 5.41 Å². The quantitative estimate of drug-likeness (QED) is 0.669. The van der Waals surface area contributed by atoms with Crippen molar-refractivity contribution >= 4 is 0 Å². The molecule has 3 nitrogen and oxygen atoms in total. The van der Waals surface area contributed by atoms with Gasteiger partial charge >= 0.3 is 0 Å². The molecule has 0 amide bonds. The second-order valence-electron chi connectivity index (χ2n) is 6.62. The molecule has 0 aliphatic carbocycles. The molecule has 0 radical (unpaired) electrons. The number of aliphatic hydroxyl groups excluding tert-OH is 1. The molecule has 2 N–H and O–H groups in total. The lowest BCUT2D eigenvalue weighted by atomic mass is 9.93. The van der Waals surface area contributed by atoms with Gasteiger partial charge < -0.3 is 15.3 Å². The highest BCUT2D eigenvalue weighted by Crippen LogP contribution is 2.28. The van der Waals surface area contributed by atoms with Gasteiger partial charge in [-0.05, 0) is 51.7 Å². The Hall–Kier alpha value is -0.120. The molecule has 1 aliphatic heterocycles. The van der Waals surface area contributed by atoms with E-state index in [9.17, 15) is 5.11 Å². The van der Waals surface area contributed by atoms with E-state index in [2.05, 4.69) is 31.0 Å². The summed E-state index contributed by atoms with van der Waals surface area (Å²) >= 11 is 0. The van der Waals surface area contributed by atoms with Crippen LogP contribution in [0.5, 0.6) is 0 Å². The molecule has 1 fully saturated rings. The number of aliphatic hydroxyl groups is 1. The van der Waals surface area contributed by atoms with Crippen molar-refractivity contribution < 1.29 is 5.11 Å². The molecule has 1 aliphatic rings. The maximum atomic E-state index is 9.29. The summed E-state index contributed by atoms with van der Waals surface area (Å²) in [7, 11) is 1.93. The Balaban J connectivity index is 2.13. The Morgan fingerprint density at radius 1 is 1.35 bits per heavy atom. The summed E-state index contributed by atoms with van der Waals surface area (Å²) < 4.78 is 0. The fourth-order valence-electron chi connectivity index (χ4n) is 2.55. The van der Waals surface area contributed by atoms with Gasteiger partial charge in [0.1, 0.15) is 0 Å². The smallest absolute Gasteiger partial charge is 0.0610 e. The van der Waals surface area contributed by atoms with E-state index in [0.717, 1.165) is 6.42 Å². The van der Waals surface area contributed by atoms with Crippen LogP contribution < -0.4 is 5.32 Å². The van der Waals surface area contributed by atoms with Gasteiger partial charge in [0, 0.05) is 12.1 Å². The van der Waals surface area contributed by atoms with Crippen molar-refractivity contribution in [1.82, 2.24) is 10.2 Å². The summed E-state index contributed by atoms with van der Waals surface area (Å²) in [6, 6.07) is 0. The van der Waals surface area contributed by atoms with Crippen LogP contribution in [0.15, 0.2) is 0 Å². The van der Waals surface area contributed by atoms with Crippen LogP contribution in [0, 0.1) is 5.41 Å². The standard InChI is InChI=1S/C14H30N2O/c1-13(2)8-10-16(11-13)9-6-5-7-14(3,12-17)15-4/h15,17H,5-12H2,1-4H3. The minimum absolute atomic E-state index is 0.0930. The fraction of sp³-hybridized carbons (Fsp3) is 1.00. The zero-order valence-electron chi connectivity index (χ0n) is 12.1. The molecule has 1 unspecified atom stereocenters. The summed E-state index contributed by atoms with van der Waals surface area (Å²) in [5.74, 6) is 0. The molecule has 0 aromatic rings. The first-order valence-electron chi connectivity index (χ1n) is 6.93. The summed E-state index contributed by atoms with van der Waals surface area (Å²) in [6.45, 7) is 10.8. The molecule has 0 spiro atoms.